The van der Waals surface area contributed by atoms with Crippen molar-refractivity contribution in [3.63, 3.8) is 0 Å². The van der Waals surface area contributed by atoms with Gasteiger partial charge >= 0.3 is 0 Å². The lowest BCUT2D eigenvalue weighted by Gasteiger charge is -2.03. The monoisotopic (exact) mass is 363 g/mol. The summed E-state index contributed by atoms with van der Waals surface area (Å²) < 4.78 is 5.74. The van der Waals surface area contributed by atoms with E-state index in [1.54, 1.807) is 0 Å². The maximum atomic E-state index is 12.4. The van der Waals surface area contributed by atoms with Gasteiger partial charge in [-0.15, -0.1) is 0 Å². The molecular formula is C22H18ClNO2. The van der Waals surface area contributed by atoms with Crippen molar-refractivity contribution in [1.29, 1.82) is 0 Å². The van der Waals surface area contributed by atoms with Gasteiger partial charge in [-0.1, -0.05) is 54.1 Å². The van der Waals surface area contributed by atoms with Crippen LogP contribution in [0, 0.1) is 0 Å². The van der Waals surface area contributed by atoms with Gasteiger partial charge in [-0.3, -0.25) is 4.79 Å². The predicted molar refractivity (Wildman–Crippen MR) is 106 cm³/mol. The number of hydrogen-bond donors (Lipinski definition) is 1. The molecule has 3 aromatic carbocycles. The van der Waals surface area contributed by atoms with Crippen molar-refractivity contribution >= 4 is 39.2 Å². The van der Waals surface area contributed by atoms with Crippen LogP contribution in [-0.4, -0.2) is 12.5 Å². The summed E-state index contributed by atoms with van der Waals surface area (Å²) in [6, 6.07) is 21.6. The van der Waals surface area contributed by atoms with E-state index >= 15 is 0 Å². The topological polar surface area (TPSA) is 42.2 Å². The normalized spacial score (nSPS) is 11.1. The standard InChI is InChI=1S/C22H18ClNO2/c23-17-10-7-15(8-11-17)4-3-13-24-22(25)21-14-19-18-6-2-1-5-16(18)9-12-20(19)26-21/h1-2,5-12,14H,3-4,13H2,(H,24,25). The average molecular weight is 364 g/mol. The summed E-state index contributed by atoms with van der Waals surface area (Å²) in [6.07, 6.45) is 1.75. The van der Waals surface area contributed by atoms with Gasteiger partial charge in [0.2, 0.25) is 0 Å². The van der Waals surface area contributed by atoms with Gasteiger partial charge in [-0.25, -0.2) is 0 Å². The molecule has 1 N–H and O–H groups in total. The van der Waals surface area contributed by atoms with Crippen molar-refractivity contribution < 1.29 is 9.21 Å². The Balaban J connectivity index is 1.41. The summed E-state index contributed by atoms with van der Waals surface area (Å²) in [4.78, 5) is 12.4. The lowest BCUT2D eigenvalue weighted by Crippen LogP contribution is -2.24. The van der Waals surface area contributed by atoms with Crippen molar-refractivity contribution in [2.24, 2.45) is 0 Å². The molecule has 0 saturated heterocycles. The molecule has 0 aliphatic heterocycles. The molecule has 0 fully saturated rings. The highest BCUT2D eigenvalue weighted by molar-refractivity contribution is 6.30. The first-order chi connectivity index (χ1) is 12.7. The molecule has 0 radical (unpaired) electrons. The zero-order valence-corrected chi connectivity index (χ0v) is 14.9. The van der Waals surface area contributed by atoms with Gasteiger partial charge in [-0.2, -0.15) is 0 Å². The van der Waals surface area contributed by atoms with Crippen LogP contribution in [0.4, 0.5) is 0 Å². The van der Waals surface area contributed by atoms with Crippen molar-refractivity contribution in [2.45, 2.75) is 12.8 Å². The third-order valence-corrected chi connectivity index (χ3v) is 4.74. The lowest BCUT2D eigenvalue weighted by molar-refractivity contribution is 0.0927. The quantitative estimate of drug-likeness (QED) is 0.469. The van der Waals surface area contributed by atoms with E-state index in [1.807, 2.05) is 60.7 Å². The summed E-state index contributed by atoms with van der Waals surface area (Å²) >= 11 is 5.88. The first-order valence-electron chi connectivity index (χ1n) is 8.65. The maximum Gasteiger partial charge on any atom is 0.287 e. The Kier molecular flexibility index (Phi) is 4.63. The molecule has 0 saturated carbocycles. The van der Waals surface area contributed by atoms with E-state index in [0.717, 1.165) is 39.6 Å². The largest absolute Gasteiger partial charge is 0.451 e. The van der Waals surface area contributed by atoms with Crippen LogP contribution >= 0.6 is 11.6 Å². The number of furan rings is 1. The van der Waals surface area contributed by atoms with E-state index in [4.69, 9.17) is 16.0 Å². The highest BCUT2D eigenvalue weighted by atomic mass is 35.5. The number of fused-ring (bicyclic) bond motifs is 3. The summed E-state index contributed by atoms with van der Waals surface area (Å²) in [5.74, 6) is 0.171. The van der Waals surface area contributed by atoms with Crippen molar-refractivity contribution in [3.05, 3.63) is 83.1 Å². The van der Waals surface area contributed by atoms with E-state index in [9.17, 15) is 4.79 Å². The Hall–Kier alpha value is -2.78. The zero-order chi connectivity index (χ0) is 17.9. The van der Waals surface area contributed by atoms with E-state index < -0.39 is 0 Å². The molecule has 3 nitrogen and oxygen atoms in total. The van der Waals surface area contributed by atoms with Gasteiger partial charge in [0.25, 0.3) is 5.91 Å². The number of nitrogens with one attached hydrogen (secondary N) is 1. The Morgan fingerprint density at radius 2 is 1.77 bits per heavy atom. The minimum absolute atomic E-state index is 0.179. The number of hydrogen-bond acceptors (Lipinski definition) is 2. The Labute approximate surface area is 156 Å². The minimum atomic E-state index is -0.179. The van der Waals surface area contributed by atoms with E-state index in [-0.39, 0.29) is 5.91 Å². The molecule has 1 heterocycles. The van der Waals surface area contributed by atoms with E-state index in [2.05, 4.69) is 11.4 Å². The van der Waals surface area contributed by atoms with Crippen LogP contribution in [0.15, 0.2) is 71.1 Å². The summed E-state index contributed by atoms with van der Waals surface area (Å²) in [7, 11) is 0. The number of rotatable bonds is 5. The average Bonchev–Trinajstić information content (AvgIpc) is 3.11. The second-order valence-electron chi connectivity index (χ2n) is 6.30. The Morgan fingerprint density at radius 1 is 0.962 bits per heavy atom. The van der Waals surface area contributed by atoms with Crippen LogP contribution in [-0.2, 0) is 6.42 Å². The smallest absolute Gasteiger partial charge is 0.287 e. The molecule has 0 unspecified atom stereocenters. The fourth-order valence-electron chi connectivity index (χ4n) is 3.14. The summed E-state index contributed by atoms with van der Waals surface area (Å²) in [5, 5.41) is 6.86. The van der Waals surface area contributed by atoms with Crippen LogP contribution in [0.3, 0.4) is 0 Å². The number of aryl methyl sites for hydroxylation is 1. The van der Waals surface area contributed by atoms with E-state index in [0.29, 0.717) is 12.3 Å². The van der Waals surface area contributed by atoms with E-state index in [1.165, 1.54) is 5.56 Å². The van der Waals surface area contributed by atoms with Crippen molar-refractivity contribution in [3.8, 4) is 0 Å². The highest BCUT2D eigenvalue weighted by Gasteiger charge is 2.13. The third kappa shape index (κ3) is 3.44. The molecule has 1 amide bonds. The molecule has 4 aromatic rings. The van der Waals surface area contributed by atoms with Gasteiger partial charge in [-0.05, 0) is 53.4 Å². The Morgan fingerprint density at radius 3 is 2.62 bits per heavy atom. The van der Waals surface area contributed by atoms with Crippen LogP contribution in [0.5, 0.6) is 0 Å². The van der Waals surface area contributed by atoms with Crippen LogP contribution in [0.2, 0.25) is 5.02 Å². The van der Waals surface area contributed by atoms with Gasteiger partial charge in [0, 0.05) is 17.0 Å². The third-order valence-electron chi connectivity index (χ3n) is 4.49. The number of carbonyl (C=O) groups is 1. The first-order valence-corrected chi connectivity index (χ1v) is 9.02. The maximum absolute atomic E-state index is 12.4. The highest BCUT2D eigenvalue weighted by Crippen LogP contribution is 2.28. The van der Waals surface area contributed by atoms with Gasteiger partial charge in [0.15, 0.2) is 5.76 Å². The predicted octanol–water partition coefficient (Wildman–Crippen LogP) is 5.60. The molecule has 26 heavy (non-hydrogen) atoms. The van der Waals surface area contributed by atoms with Crippen LogP contribution < -0.4 is 5.32 Å². The molecule has 0 spiro atoms. The number of amides is 1. The van der Waals surface area contributed by atoms with Crippen LogP contribution in [0.1, 0.15) is 22.5 Å². The van der Waals surface area contributed by atoms with Crippen LogP contribution in [0.25, 0.3) is 21.7 Å². The molecule has 0 aliphatic carbocycles. The molecule has 4 rings (SSSR count). The molecule has 4 heteroatoms. The van der Waals surface area contributed by atoms with Crippen molar-refractivity contribution in [1.82, 2.24) is 5.32 Å². The minimum Gasteiger partial charge on any atom is -0.451 e. The molecule has 130 valence electrons. The molecule has 1 aromatic heterocycles. The fourth-order valence-corrected chi connectivity index (χ4v) is 3.26. The Bertz CT molecular complexity index is 1070. The number of benzene rings is 3. The molecular weight excluding hydrogens is 346 g/mol. The van der Waals surface area contributed by atoms with Gasteiger partial charge in [0.05, 0.1) is 0 Å². The molecule has 0 atom stereocenters. The number of carbonyl (C=O) groups excluding carboxylic acids is 1. The SMILES string of the molecule is O=C(NCCCc1ccc(Cl)cc1)c1cc2c(ccc3ccccc32)o1. The van der Waals surface area contributed by atoms with Gasteiger partial charge in [0.1, 0.15) is 5.58 Å². The van der Waals surface area contributed by atoms with Crippen molar-refractivity contribution in [2.75, 3.05) is 6.54 Å². The fraction of sp³-hybridized carbons (Fsp3) is 0.136. The second kappa shape index (κ2) is 7.22. The molecule has 0 bridgehead atoms. The second-order valence-corrected chi connectivity index (χ2v) is 6.73. The number of halogens is 1. The zero-order valence-electron chi connectivity index (χ0n) is 14.2. The summed E-state index contributed by atoms with van der Waals surface area (Å²) in [6.45, 7) is 0.596. The molecule has 0 aliphatic rings. The van der Waals surface area contributed by atoms with Gasteiger partial charge < -0.3 is 9.73 Å². The lowest BCUT2D eigenvalue weighted by atomic mass is 10.1. The summed E-state index contributed by atoms with van der Waals surface area (Å²) in [5.41, 5.74) is 1.94. The first kappa shape index (κ1) is 16.7.